The zero-order valence-corrected chi connectivity index (χ0v) is 15.6. The van der Waals surface area contributed by atoms with Gasteiger partial charge in [0, 0.05) is 17.5 Å². The van der Waals surface area contributed by atoms with Gasteiger partial charge < -0.3 is 14.5 Å². The molecule has 0 spiro atoms. The fourth-order valence-corrected chi connectivity index (χ4v) is 3.09. The standard InChI is InChI=1S/C21H19NO4S/c1-15-7-9-16(10-8-15)13-27-14-20(23)26-18-5-2-4-17(12-18)22-21(24)19-6-3-11-25-19/h2-12H,13-14H2,1H3,(H,22,24). The summed E-state index contributed by atoms with van der Waals surface area (Å²) in [5.74, 6) is 0.891. The zero-order valence-electron chi connectivity index (χ0n) is 14.8. The number of ether oxygens (including phenoxy) is 1. The monoisotopic (exact) mass is 381 g/mol. The highest BCUT2D eigenvalue weighted by Gasteiger charge is 2.10. The molecule has 0 saturated heterocycles. The molecule has 2 aromatic carbocycles. The van der Waals surface area contributed by atoms with Crippen LogP contribution >= 0.6 is 11.8 Å². The quantitative estimate of drug-likeness (QED) is 0.475. The molecule has 5 nitrogen and oxygen atoms in total. The van der Waals surface area contributed by atoms with Gasteiger partial charge in [-0.05, 0) is 36.8 Å². The summed E-state index contributed by atoms with van der Waals surface area (Å²) in [6.45, 7) is 2.04. The van der Waals surface area contributed by atoms with Gasteiger partial charge in [-0.3, -0.25) is 9.59 Å². The van der Waals surface area contributed by atoms with Gasteiger partial charge in [-0.25, -0.2) is 0 Å². The van der Waals surface area contributed by atoms with E-state index in [-0.39, 0.29) is 23.4 Å². The molecule has 1 aromatic heterocycles. The van der Waals surface area contributed by atoms with Crippen LogP contribution in [-0.4, -0.2) is 17.6 Å². The lowest BCUT2D eigenvalue weighted by Gasteiger charge is -2.07. The van der Waals surface area contributed by atoms with Crippen LogP contribution in [0.5, 0.6) is 5.75 Å². The Balaban J connectivity index is 1.49. The fourth-order valence-electron chi connectivity index (χ4n) is 2.34. The molecular formula is C21H19NO4S. The summed E-state index contributed by atoms with van der Waals surface area (Å²) < 4.78 is 10.4. The Hall–Kier alpha value is -2.99. The molecule has 0 atom stereocenters. The lowest BCUT2D eigenvalue weighted by molar-refractivity contribution is -0.131. The first-order valence-corrected chi connectivity index (χ1v) is 9.54. The number of rotatable bonds is 7. The van der Waals surface area contributed by atoms with Crippen molar-refractivity contribution in [1.82, 2.24) is 0 Å². The molecule has 0 radical (unpaired) electrons. The number of esters is 1. The van der Waals surface area contributed by atoms with Gasteiger partial charge in [0.1, 0.15) is 5.75 Å². The smallest absolute Gasteiger partial charge is 0.321 e. The lowest BCUT2D eigenvalue weighted by Crippen LogP contribution is -2.13. The maximum absolute atomic E-state index is 12.0. The number of benzene rings is 2. The number of carbonyl (C=O) groups excluding carboxylic acids is 2. The van der Waals surface area contributed by atoms with E-state index in [0.29, 0.717) is 11.4 Å². The molecule has 1 N–H and O–H groups in total. The molecule has 3 rings (SSSR count). The Morgan fingerprint density at radius 3 is 2.63 bits per heavy atom. The summed E-state index contributed by atoms with van der Waals surface area (Å²) in [6, 6.07) is 18.1. The Labute approximate surface area is 161 Å². The normalized spacial score (nSPS) is 10.4. The number of furan rings is 1. The molecular weight excluding hydrogens is 362 g/mol. The molecule has 0 unspecified atom stereocenters. The lowest BCUT2D eigenvalue weighted by atomic mass is 10.2. The first-order valence-electron chi connectivity index (χ1n) is 8.39. The number of hydrogen-bond acceptors (Lipinski definition) is 5. The van der Waals surface area contributed by atoms with Gasteiger partial charge in [0.15, 0.2) is 5.76 Å². The topological polar surface area (TPSA) is 68.5 Å². The average molecular weight is 381 g/mol. The highest BCUT2D eigenvalue weighted by Crippen LogP contribution is 2.20. The van der Waals surface area contributed by atoms with Gasteiger partial charge in [-0.15, -0.1) is 11.8 Å². The van der Waals surface area contributed by atoms with Crippen LogP contribution in [0.2, 0.25) is 0 Å². The zero-order chi connectivity index (χ0) is 19.1. The second-order valence-corrected chi connectivity index (χ2v) is 6.90. The molecule has 1 heterocycles. The molecule has 27 heavy (non-hydrogen) atoms. The minimum Gasteiger partial charge on any atom is -0.459 e. The molecule has 6 heteroatoms. The van der Waals surface area contributed by atoms with Crippen molar-refractivity contribution in [2.45, 2.75) is 12.7 Å². The summed E-state index contributed by atoms with van der Waals surface area (Å²) in [4.78, 5) is 24.0. The molecule has 0 saturated carbocycles. The molecule has 0 bridgehead atoms. The van der Waals surface area contributed by atoms with Crippen LogP contribution in [-0.2, 0) is 10.5 Å². The first kappa shape index (κ1) is 18.8. The highest BCUT2D eigenvalue weighted by atomic mass is 32.2. The van der Waals surface area contributed by atoms with Gasteiger partial charge in [0.2, 0.25) is 0 Å². The molecule has 0 aliphatic carbocycles. The molecule has 1 amide bonds. The third kappa shape index (κ3) is 5.76. The van der Waals surface area contributed by atoms with E-state index in [4.69, 9.17) is 9.15 Å². The summed E-state index contributed by atoms with van der Waals surface area (Å²) in [7, 11) is 0. The second-order valence-electron chi connectivity index (χ2n) is 5.91. The molecule has 0 aliphatic heterocycles. The van der Waals surface area contributed by atoms with Crippen LogP contribution in [0.25, 0.3) is 0 Å². The number of nitrogens with one attached hydrogen (secondary N) is 1. The van der Waals surface area contributed by atoms with E-state index >= 15 is 0 Å². The highest BCUT2D eigenvalue weighted by molar-refractivity contribution is 7.99. The summed E-state index contributed by atoms with van der Waals surface area (Å²) in [6.07, 6.45) is 1.43. The Bertz CT molecular complexity index is 904. The van der Waals surface area contributed by atoms with Crippen LogP contribution in [0.3, 0.4) is 0 Å². The van der Waals surface area contributed by atoms with Crippen molar-refractivity contribution in [3.05, 3.63) is 83.8 Å². The number of aryl methyl sites for hydroxylation is 1. The predicted molar refractivity (Wildman–Crippen MR) is 106 cm³/mol. The van der Waals surface area contributed by atoms with E-state index in [1.807, 2.05) is 6.92 Å². The maximum atomic E-state index is 12.0. The Kier molecular flexibility index (Phi) is 6.33. The van der Waals surface area contributed by atoms with E-state index in [0.717, 1.165) is 5.75 Å². The average Bonchev–Trinajstić information content (AvgIpc) is 3.18. The minimum absolute atomic E-state index is 0.213. The maximum Gasteiger partial charge on any atom is 0.321 e. The fraction of sp³-hybridized carbons (Fsp3) is 0.143. The van der Waals surface area contributed by atoms with E-state index in [9.17, 15) is 9.59 Å². The minimum atomic E-state index is -0.364. The van der Waals surface area contributed by atoms with Crippen LogP contribution in [0.4, 0.5) is 5.69 Å². The SMILES string of the molecule is Cc1ccc(CSCC(=O)Oc2cccc(NC(=O)c3ccco3)c2)cc1. The van der Waals surface area contributed by atoms with E-state index in [2.05, 4.69) is 29.6 Å². The molecule has 0 aliphatic rings. The number of thioether (sulfide) groups is 1. The van der Waals surface area contributed by atoms with Gasteiger partial charge in [-0.2, -0.15) is 0 Å². The van der Waals surface area contributed by atoms with Crippen LogP contribution in [0.1, 0.15) is 21.7 Å². The number of carbonyl (C=O) groups is 2. The molecule has 138 valence electrons. The third-order valence-electron chi connectivity index (χ3n) is 3.68. The number of anilines is 1. The van der Waals surface area contributed by atoms with Crippen molar-refractivity contribution in [2.75, 3.05) is 11.1 Å². The van der Waals surface area contributed by atoms with E-state index < -0.39 is 0 Å². The second kappa shape index (κ2) is 9.09. The van der Waals surface area contributed by atoms with Gasteiger partial charge >= 0.3 is 5.97 Å². The van der Waals surface area contributed by atoms with Crippen molar-refractivity contribution < 1.29 is 18.7 Å². The van der Waals surface area contributed by atoms with Gasteiger partial charge in [0.25, 0.3) is 5.91 Å². The first-order chi connectivity index (χ1) is 13.1. The Morgan fingerprint density at radius 1 is 1.07 bits per heavy atom. The number of amides is 1. The van der Waals surface area contributed by atoms with Crippen LogP contribution in [0, 0.1) is 6.92 Å². The van der Waals surface area contributed by atoms with E-state index in [1.54, 1.807) is 36.4 Å². The summed E-state index contributed by atoms with van der Waals surface area (Å²) in [5.41, 5.74) is 2.90. The van der Waals surface area contributed by atoms with Crippen molar-refractivity contribution in [3.8, 4) is 5.75 Å². The summed E-state index contributed by atoms with van der Waals surface area (Å²) >= 11 is 1.50. The van der Waals surface area contributed by atoms with Gasteiger partial charge in [-0.1, -0.05) is 35.9 Å². The number of hydrogen-bond donors (Lipinski definition) is 1. The van der Waals surface area contributed by atoms with E-state index in [1.165, 1.54) is 29.2 Å². The largest absolute Gasteiger partial charge is 0.459 e. The molecule has 0 fully saturated rings. The third-order valence-corrected chi connectivity index (χ3v) is 4.66. The van der Waals surface area contributed by atoms with Crippen molar-refractivity contribution >= 4 is 29.3 Å². The summed E-state index contributed by atoms with van der Waals surface area (Å²) in [5, 5.41) is 2.70. The van der Waals surface area contributed by atoms with Crippen molar-refractivity contribution in [2.24, 2.45) is 0 Å². The Morgan fingerprint density at radius 2 is 1.89 bits per heavy atom. The van der Waals surface area contributed by atoms with Crippen LogP contribution in [0.15, 0.2) is 71.3 Å². The predicted octanol–water partition coefficient (Wildman–Crippen LogP) is 4.68. The van der Waals surface area contributed by atoms with Gasteiger partial charge in [0.05, 0.1) is 12.0 Å². The van der Waals surface area contributed by atoms with Crippen molar-refractivity contribution in [1.29, 1.82) is 0 Å². The van der Waals surface area contributed by atoms with Crippen LogP contribution < -0.4 is 10.1 Å². The molecule has 3 aromatic rings. The van der Waals surface area contributed by atoms with Crippen molar-refractivity contribution in [3.63, 3.8) is 0 Å².